The molecule has 0 saturated heterocycles. The summed E-state index contributed by atoms with van der Waals surface area (Å²) in [6, 6.07) is 12.6. The maximum atomic E-state index is 12.7. The first kappa shape index (κ1) is 18.0. The molecular weight excluding hydrogens is 348 g/mol. The molecule has 3 rings (SSSR count). The van der Waals surface area contributed by atoms with E-state index >= 15 is 0 Å². The zero-order valence-corrected chi connectivity index (χ0v) is 15.9. The average Bonchev–Trinajstić information content (AvgIpc) is 2.64. The lowest BCUT2D eigenvalue weighted by molar-refractivity contribution is 0.260. The Hall–Kier alpha value is -2.80. The van der Waals surface area contributed by atoms with E-state index in [9.17, 15) is 4.79 Å². The highest BCUT2D eigenvalue weighted by Gasteiger charge is 2.16. The molecule has 2 aromatic carbocycles. The van der Waals surface area contributed by atoms with E-state index < -0.39 is 0 Å². The number of methoxy groups -OCH3 is 1. The number of fused-ring (bicyclic) bond motifs is 1. The number of benzene rings is 2. The summed E-state index contributed by atoms with van der Waals surface area (Å²) in [6.45, 7) is 3.86. The Morgan fingerprint density at radius 3 is 2.31 bits per heavy atom. The molecule has 1 N–H and O–H groups in total. The standard InChI is InChI=1S/C19H20N4O2S/c1-12-13(2)21-18-11-14(5-10-17(18)20-12)22-19(24)23(26-4)15-6-8-16(25-3)9-7-15/h5-11H,1-4H3,(H,22,24). The maximum Gasteiger partial charge on any atom is 0.336 e. The van der Waals surface area contributed by atoms with Crippen LogP contribution in [0.3, 0.4) is 0 Å². The molecule has 3 aromatic rings. The van der Waals surface area contributed by atoms with Crippen LogP contribution in [0.2, 0.25) is 0 Å². The Morgan fingerprint density at radius 1 is 1.04 bits per heavy atom. The van der Waals surface area contributed by atoms with Gasteiger partial charge in [-0.3, -0.25) is 0 Å². The first-order chi connectivity index (χ1) is 12.5. The number of hydrogen-bond acceptors (Lipinski definition) is 5. The minimum atomic E-state index is -0.237. The molecule has 0 aliphatic rings. The van der Waals surface area contributed by atoms with E-state index in [0.29, 0.717) is 5.69 Å². The van der Waals surface area contributed by atoms with Crippen LogP contribution in [0.25, 0.3) is 11.0 Å². The number of urea groups is 1. The summed E-state index contributed by atoms with van der Waals surface area (Å²) in [6.07, 6.45) is 1.85. The molecule has 1 heterocycles. The van der Waals surface area contributed by atoms with E-state index in [4.69, 9.17) is 4.74 Å². The second-order valence-corrected chi connectivity index (χ2v) is 6.43. The van der Waals surface area contributed by atoms with Crippen molar-refractivity contribution >= 4 is 40.4 Å². The van der Waals surface area contributed by atoms with Crippen LogP contribution in [0.1, 0.15) is 11.4 Å². The lowest BCUT2D eigenvalue weighted by atomic mass is 10.2. The van der Waals surface area contributed by atoms with Crippen LogP contribution in [-0.4, -0.2) is 29.4 Å². The number of anilines is 2. The molecule has 134 valence electrons. The second-order valence-electron chi connectivity index (χ2n) is 5.70. The molecule has 0 radical (unpaired) electrons. The minimum Gasteiger partial charge on any atom is -0.497 e. The molecule has 6 nitrogen and oxygen atoms in total. The van der Waals surface area contributed by atoms with Gasteiger partial charge in [-0.25, -0.2) is 19.1 Å². The summed E-state index contributed by atoms with van der Waals surface area (Å²) in [5.41, 5.74) is 4.79. The highest BCUT2D eigenvalue weighted by molar-refractivity contribution is 8.00. The zero-order valence-electron chi connectivity index (χ0n) is 15.1. The van der Waals surface area contributed by atoms with Crippen LogP contribution in [0.5, 0.6) is 5.75 Å². The van der Waals surface area contributed by atoms with Gasteiger partial charge < -0.3 is 10.1 Å². The number of ether oxygens (including phenoxy) is 1. The van der Waals surface area contributed by atoms with E-state index in [0.717, 1.165) is 33.9 Å². The SMILES string of the molecule is COc1ccc(N(SC)C(=O)Nc2ccc3nc(C)c(C)nc3c2)cc1. The second kappa shape index (κ2) is 7.61. The van der Waals surface area contributed by atoms with Crippen LogP contribution >= 0.6 is 11.9 Å². The Bertz CT molecular complexity index is 944. The lowest BCUT2D eigenvalue weighted by Crippen LogP contribution is -2.28. The third kappa shape index (κ3) is 3.72. The largest absolute Gasteiger partial charge is 0.497 e. The van der Waals surface area contributed by atoms with Crippen molar-refractivity contribution < 1.29 is 9.53 Å². The molecule has 0 fully saturated rings. The molecule has 0 saturated carbocycles. The molecule has 26 heavy (non-hydrogen) atoms. The van der Waals surface area contributed by atoms with E-state index in [1.165, 1.54) is 11.9 Å². The van der Waals surface area contributed by atoms with Gasteiger partial charge in [0.25, 0.3) is 0 Å². The van der Waals surface area contributed by atoms with Crippen LogP contribution in [0.15, 0.2) is 42.5 Å². The third-order valence-electron chi connectivity index (χ3n) is 4.00. The van der Waals surface area contributed by atoms with Gasteiger partial charge in [-0.15, -0.1) is 0 Å². The number of carbonyl (C=O) groups excluding carboxylic acids is 1. The monoisotopic (exact) mass is 368 g/mol. The molecule has 1 aromatic heterocycles. The van der Waals surface area contributed by atoms with Gasteiger partial charge in [0.2, 0.25) is 0 Å². The molecular formula is C19H20N4O2S. The number of aryl methyl sites for hydroxylation is 2. The molecule has 2 amide bonds. The quantitative estimate of drug-likeness (QED) is 0.683. The van der Waals surface area contributed by atoms with Crippen molar-refractivity contribution in [1.29, 1.82) is 0 Å². The minimum absolute atomic E-state index is 0.237. The van der Waals surface area contributed by atoms with Gasteiger partial charge in [0, 0.05) is 11.9 Å². The van der Waals surface area contributed by atoms with E-state index in [1.807, 2.05) is 62.6 Å². The van der Waals surface area contributed by atoms with Crippen molar-refractivity contribution in [2.75, 3.05) is 23.0 Å². The molecule has 0 bridgehead atoms. The summed E-state index contributed by atoms with van der Waals surface area (Å²) in [7, 11) is 1.61. The number of hydrogen-bond donors (Lipinski definition) is 1. The third-order valence-corrected chi connectivity index (χ3v) is 4.74. The van der Waals surface area contributed by atoms with E-state index in [2.05, 4.69) is 15.3 Å². The van der Waals surface area contributed by atoms with Gasteiger partial charge in [0.1, 0.15) is 5.75 Å². The van der Waals surface area contributed by atoms with Gasteiger partial charge in [-0.05, 0) is 68.3 Å². The van der Waals surface area contributed by atoms with Crippen molar-refractivity contribution in [2.24, 2.45) is 0 Å². The summed E-state index contributed by atoms with van der Waals surface area (Å²) in [4.78, 5) is 21.7. The van der Waals surface area contributed by atoms with Crippen LogP contribution in [-0.2, 0) is 0 Å². The summed E-state index contributed by atoms with van der Waals surface area (Å²) >= 11 is 1.32. The number of aromatic nitrogens is 2. The van der Waals surface area contributed by atoms with Crippen LogP contribution in [0, 0.1) is 13.8 Å². The molecule has 0 aliphatic heterocycles. The maximum absolute atomic E-state index is 12.7. The number of nitrogens with one attached hydrogen (secondary N) is 1. The van der Waals surface area contributed by atoms with Gasteiger partial charge in [0.05, 0.1) is 35.2 Å². The first-order valence-corrected chi connectivity index (χ1v) is 9.24. The normalized spacial score (nSPS) is 10.6. The van der Waals surface area contributed by atoms with Gasteiger partial charge in [-0.2, -0.15) is 0 Å². The van der Waals surface area contributed by atoms with Crippen LogP contribution in [0.4, 0.5) is 16.2 Å². The molecule has 0 unspecified atom stereocenters. The fourth-order valence-corrected chi connectivity index (χ4v) is 3.05. The van der Waals surface area contributed by atoms with Gasteiger partial charge in [-0.1, -0.05) is 0 Å². The van der Waals surface area contributed by atoms with Crippen molar-refractivity contribution in [2.45, 2.75) is 13.8 Å². The smallest absolute Gasteiger partial charge is 0.336 e. The Labute approximate surface area is 156 Å². The van der Waals surface area contributed by atoms with Crippen molar-refractivity contribution in [3.05, 3.63) is 53.9 Å². The predicted octanol–water partition coefficient (Wildman–Crippen LogP) is 4.57. The Balaban J connectivity index is 1.82. The summed E-state index contributed by atoms with van der Waals surface area (Å²) in [5.74, 6) is 0.744. The van der Waals surface area contributed by atoms with Crippen molar-refractivity contribution in [3.63, 3.8) is 0 Å². The lowest BCUT2D eigenvalue weighted by Gasteiger charge is -2.20. The average molecular weight is 368 g/mol. The van der Waals surface area contributed by atoms with Gasteiger partial charge >= 0.3 is 6.03 Å². The van der Waals surface area contributed by atoms with E-state index in [-0.39, 0.29) is 6.03 Å². The number of nitrogens with zero attached hydrogens (tertiary/aromatic N) is 3. The topological polar surface area (TPSA) is 67.3 Å². The fraction of sp³-hybridized carbons (Fsp3) is 0.211. The Morgan fingerprint density at radius 2 is 1.69 bits per heavy atom. The van der Waals surface area contributed by atoms with Crippen molar-refractivity contribution in [3.8, 4) is 5.75 Å². The molecule has 0 spiro atoms. The Kier molecular flexibility index (Phi) is 5.27. The predicted molar refractivity (Wildman–Crippen MR) is 107 cm³/mol. The summed E-state index contributed by atoms with van der Waals surface area (Å²) < 4.78 is 6.74. The first-order valence-electron chi connectivity index (χ1n) is 8.06. The number of rotatable bonds is 4. The highest BCUT2D eigenvalue weighted by Crippen LogP contribution is 2.25. The molecule has 0 aliphatic carbocycles. The zero-order chi connectivity index (χ0) is 18.7. The van der Waals surface area contributed by atoms with Crippen LogP contribution < -0.4 is 14.4 Å². The van der Waals surface area contributed by atoms with E-state index in [1.54, 1.807) is 11.4 Å². The van der Waals surface area contributed by atoms with Crippen molar-refractivity contribution in [1.82, 2.24) is 9.97 Å². The fourth-order valence-electron chi connectivity index (χ4n) is 2.51. The summed E-state index contributed by atoms with van der Waals surface area (Å²) in [5, 5.41) is 2.91. The molecule has 7 heteroatoms. The number of amides is 2. The highest BCUT2D eigenvalue weighted by atomic mass is 32.2. The number of carbonyl (C=O) groups is 1. The molecule has 0 atom stereocenters. The van der Waals surface area contributed by atoms with Gasteiger partial charge in [0.15, 0.2) is 0 Å².